The van der Waals surface area contributed by atoms with Crippen LogP contribution in [0.25, 0.3) is 22.3 Å². The second-order valence-corrected chi connectivity index (χ2v) is 12.1. The molecule has 0 aliphatic rings. The van der Waals surface area contributed by atoms with Gasteiger partial charge in [-0.25, -0.2) is 9.59 Å². The molecule has 0 saturated carbocycles. The fourth-order valence-electron chi connectivity index (χ4n) is 5.01. The van der Waals surface area contributed by atoms with E-state index in [0.717, 1.165) is 22.3 Å². The summed E-state index contributed by atoms with van der Waals surface area (Å²) in [5, 5.41) is 0. The average molecular weight is 699 g/mol. The lowest BCUT2D eigenvalue weighted by molar-refractivity contribution is -0.148. The van der Waals surface area contributed by atoms with Crippen LogP contribution >= 0.6 is 0 Å². The van der Waals surface area contributed by atoms with Crippen molar-refractivity contribution in [1.29, 1.82) is 0 Å². The Balaban J connectivity index is 1.19. The van der Waals surface area contributed by atoms with Crippen molar-refractivity contribution < 1.29 is 38.0 Å². The van der Waals surface area contributed by atoms with Crippen LogP contribution in [0.2, 0.25) is 0 Å². The van der Waals surface area contributed by atoms with Gasteiger partial charge in [0.05, 0.1) is 0 Å². The minimum Gasteiger partial charge on any atom is -0.490 e. The molecule has 0 aromatic heterocycles. The number of hydrogen-bond acceptors (Lipinski definition) is 8. The molecule has 0 amide bonds. The first-order valence-corrected chi connectivity index (χ1v) is 16.9. The molecule has 52 heavy (non-hydrogen) atoms. The summed E-state index contributed by atoms with van der Waals surface area (Å²) in [6.07, 6.45) is -1.44. The van der Waals surface area contributed by atoms with Gasteiger partial charge in [0.2, 0.25) is 0 Å². The molecule has 5 aromatic carbocycles. The Hall–Kier alpha value is -6.28. The molecule has 0 radical (unpaired) electrons. The summed E-state index contributed by atoms with van der Waals surface area (Å²) in [6.45, 7) is 10.8. The van der Waals surface area contributed by atoms with E-state index in [1.54, 1.807) is 38.1 Å². The van der Waals surface area contributed by atoms with Gasteiger partial charge in [-0.15, -0.1) is 0 Å². The average Bonchev–Trinajstić information content (AvgIpc) is 3.18. The molecule has 5 rings (SSSR count). The summed E-state index contributed by atoms with van der Waals surface area (Å²) in [4.78, 5) is 24.9. The number of hydrogen-bond donors (Lipinski definition) is 0. The lowest BCUT2D eigenvalue weighted by Crippen LogP contribution is -2.31. The zero-order chi connectivity index (χ0) is 36.7. The van der Waals surface area contributed by atoms with Crippen molar-refractivity contribution in [3.8, 4) is 45.3 Å². The third-order valence-electron chi connectivity index (χ3n) is 7.73. The zero-order valence-electron chi connectivity index (χ0n) is 29.4. The third kappa shape index (κ3) is 10.9. The van der Waals surface area contributed by atoms with E-state index < -0.39 is 24.1 Å². The number of carbonyl (C=O) groups excluding carboxylic acids is 2. The van der Waals surface area contributed by atoms with Crippen molar-refractivity contribution in [2.75, 3.05) is 26.4 Å². The van der Waals surface area contributed by atoms with Gasteiger partial charge in [0, 0.05) is 22.3 Å². The van der Waals surface area contributed by atoms with Crippen LogP contribution in [0.3, 0.4) is 0 Å². The molecule has 0 bridgehead atoms. The van der Waals surface area contributed by atoms with Crippen LogP contribution < -0.4 is 18.9 Å². The van der Waals surface area contributed by atoms with Crippen LogP contribution in [0.15, 0.2) is 158 Å². The summed E-state index contributed by atoms with van der Waals surface area (Å²) in [5.41, 5.74) is 4.40. The Morgan fingerprint density at radius 3 is 1.15 bits per heavy atom. The van der Waals surface area contributed by atoms with Crippen molar-refractivity contribution in [2.45, 2.75) is 26.1 Å². The highest BCUT2D eigenvalue weighted by Crippen LogP contribution is 2.31. The van der Waals surface area contributed by atoms with Crippen LogP contribution in [0, 0.1) is 0 Å². The van der Waals surface area contributed by atoms with E-state index >= 15 is 0 Å². The van der Waals surface area contributed by atoms with Gasteiger partial charge in [-0.05, 0) is 61.4 Å². The second kappa shape index (κ2) is 18.6. The first-order valence-electron chi connectivity index (χ1n) is 16.9. The molecule has 0 heterocycles. The molecule has 0 aliphatic carbocycles. The van der Waals surface area contributed by atoms with Crippen molar-refractivity contribution in [2.24, 2.45) is 0 Å². The van der Waals surface area contributed by atoms with Crippen molar-refractivity contribution in [3.05, 3.63) is 158 Å². The van der Waals surface area contributed by atoms with Crippen molar-refractivity contribution in [3.63, 3.8) is 0 Å². The van der Waals surface area contributed by atoms with Crippen LogP contribution in [0.1, 0.15) is 13.8 Å². The maximum atomic E-state index is 12.5. The Labute approximate surface area is 304 Å². The first-order chi connectivity index (χ1) is 25.3. The predicted molar refractivity (Wildman–Crippen MR) is 202 cm³/mol. The van der Waals surface area contributed by atoms with Gasteiger partial charge in [-0.1, -0.05) is 110 Å². The molecule has 2 unspecified atom stereocenters. The van der Waals surface area contributed by atoms with Crippen LogP contribution in [-0.4, -0.2) is 50.6 Å². The molecule has 0 spiro atoms. The van der Waals surface area contributed by atoms with E-state index in [1.165, 1.54) is 0 Å². The summed E-state index contributed by atoms with van der Waals surface area (Å²) in [6, 6.07) is 42.1. The highest BCUT2D eigenvalue weighted by molar-refractivity contribution is 5.87. The van der Waals surface area contributed by atoms with E-state index in [-0.39, 0.29) is 37.6 Å². The topological polar surface area (TPSA) is 89.5 Å². The predicted octanol–water partition coefficient (Wildman–Crippen LogP) is 8.91. The number of rotatable bonds is 18. The van der Waals surface area contributed by atoms with Crippen molar-refractivity contribution >= 4 is 11.9 Å². The Morgan fingerprint density at radius 2 is 0.788 bits per heavy atom. The van der Waals surface area contributed by atoms with E-state index in [1.807, 2.05) is 109 Å². The zero-order valence-corrected chi connectivity index (χ0v) is 29.4. The van der Waals surface area contributed by atoms with Gasteiger partial charge in [-0.2, -0.15) is 0 Å². The SMILES string of the molecule is C=C(C)C(=O)OC(COc1ccc(OCC(COc2ccccc2-c2ccccc2)OC(=O)C(=C)C)cc1)COc1ccccc1-c1ccccc1. The van der Waals surface area contributed by atoms with Crippen LogP contribution in [0.4, 0.5) is 0 Å². The normalized spacial score (nSPS) is 11.7. The van der Waals surface area contributed by atoms with E-state index in [2.05, 4.69) is 13.2 Å². The quantitative estimate of drug-likeness (QED) is 0.0662. The Bertz CT molecular complexity index is 1790. The molecule has 0 N–H and O–H groups in total. The molecule has 266 valence electrons. The first kappa shape index (κ1) is 37.0. The number of ether oxygens (including phenoxy) is 6. The summed E-state index contributed by atoms with van der Waals surface area (Å²) >= 11 is 0. The molecule has 0 aliphatic heterocycles. The standard InChI is InChI=1S/C44H42O8/c1-31(2)43(45)51-37(29-49-41-21-13-11-19-39(41)33-15-7-5-8-16-33)27-47-35-23-25-36(26-24-35)48-28-38(52-44(46)32(3)4)30-50-42-22-14-12-20-40(42)34-17-9-6-10-18-34/h5-26,37-38H,1,3,27-30H2,2,4H3. The largest absolute Gasteiger partial charge is 0.490 e. The maximum absolute atomic E-state index is 12.5. The molecule has 0 fully saturated rings. The fraction of sp³-hybridized carbons (Fsp3) is 0.182. The molecule has 2 atom stereocenters. The Morgan fingerprint density at radius 1 is 0.462 bits per heavy atom. The van der Waals surface area contributed by atoms with Crippen molar-refractivity contribution in [1.82, 2.24) is 0 Å². The van der Waals surface area contributed by atoms with E-state index in [4.69, 9.17) is 28.4 Å². The molecule has 5 aromatic rings. The molecular weight excluding hydrogens is 656 g/mol. The van der Waals surface area contributed by atoms with Gasteiger partial charge in [-0.3, -0.25) is 0 Å². The number of para-hydroxylation sites is 2. The fourth-order valence-corrected chi connectivity index (χ4v) is 5.01. The van der Waals surface area contributed by atoms with Gasteiger partial charge in [0.25, 0.3) is 0 Å². The third-order valence-corrected chi connectivity index (χ3v) is 7.73. The number of esters is 2. The molecule has 8 heteroatoms. The molecule has 8 nitrogen and oxygen atoms in total. The van der Waals surface area contributed by atoms with Gasteiger partial charge in [0.1, 0.15) is 49.4 Å². The minimum atomic E-state index is -0.722. The smallest absolute Gasteiger partial charge is 0.333 e. The van der Waals surface area contributed by atoms with Crippen LogP contribution in [-0.2, 0) is 19.1 Å². The van der Waals surface area contributed by atoms with Gasteiger partial charge < -0.3 is 28.4 Å². The minimum absolute atomic E-state index is 0.0352. The molecular formula is C44H42O8. The van der Waals surface area contributed by atoms with Crippen LogP contribution in [0.5, 0.6) is 23.0 Å². The summed E-state index contributed by atoms with van der Waals surface area (Å²) in [5.74, 6) is 1.30. The number of carbonyl (C=O) groups is 2. The van der Waals surface area contributed by atoms with E-state index in [9.17, 15) is 9.59 Å². The van der Waals surface area contributed by atoms with E-state index in [0.29, 0.717) is 23.0 Å². The maximum Gasteiger partial charge on any atom is 0.333 e. The lowest BCUT2D eigenvalue weighted by Gasteiger charge is -2.21. The summed E-state index contributed by atoms with van der Waals surface area (Å²) in [7, 11) is 0. The Kier molecular flexibility index (Phi) is 13.3. The highest BCUT2D eigenvalue weighted by Gasteiger charge is 2.20. The molecule has 0 saturated heterocycles. The monoisotopic (exact) mass is 698 g/mol. The number of benzene rings is 5. The second-order valence-electron chi connectivity index (χ2n) is 12.1. The van der Waals surface area contributed by atoms with Gasteiger partial charge >= 0.3 is 11.9 Å². The van der Waals surface area contributed by atoms with Gasteiger partial charge in [0.15, 0.2) is 12.2 Å². The summed E-state index contributed by atoms with van der Waals surface area (Å²) < 4.78 is 35.6. The lowest BCUT2D eigenvalue weighted by atomic mass is 10.1. The highest BCUT2D eigenvalue weighted by atomic mass is 16.6.